The summed E-state index contributed by atoms with van der Waals surface area (Å²) in [5, 5.41) is 0. The summed E-state index contributed by atoms with van der Waals surface area (Å²) in [4.78, 5) is 13.3. The van der Waals surface area contributed by atoms with Gasteiger partial charge in [0.2, 0.25) is 15.6 Å². The van der Waals surface area contributed by atoms with E-state index in [0.29, 0.717) is 0 Å². The van der Waals surface area contributed by atoms with E-state index in [2.05, 4.69) is 9.71 Å². The Hall–Kier alpha value is -1.14. The fourth-order valence-corrected chi connectivity index (χ4v) is 2.87. The van der Waals surface area contributed by atoms with E-state index in [1.807, 2.05) is 13.8 Å². The number of aromatic amines is 1. The van der Waals surface area contributed by atoms with E-state index in [-0.39, 0.29) is 16.5 Å². The van der Waals surface area contributed by atoms with Crippen molar-refractivity contribution in [3.63, 3.8) is 0 Å². The number of sulfonamides is 1. The van der Waals surface area contributed by atoms with Crippen molar-refractivity contribution in [1.29, 1.82) is 0 Å². The molecular formula is C11H18N2O3S. The number of pyridine rings is 1. The van der Waals surface area contributed by atoms with Crippen LogP contribution in [0, 0.1) is 0 Å². The van der Waals surface area contributed by atoms with E-state index in [0.717, 1.165) is 19.3 Å². The Morgan fingerprint density at radius 2 is 2.06 bits per heavy atom. The minimum atomic E-state index is -3.53. The van der Waals surface area contributed by atoms with Gasteiger partial charge in [0.25, 0.3) is 0 Å². The van der Waals surface area contributed by atoms with Crippen LogP contribution < -0.4 is 10.3 Å². The zero-order chi connectivity index (χ0) is 12.9. The highest BCUT2D eigenvalue weighted by atomic mass is 32.2. The molecule has 0 fully saturated rings. The summed E-state index contributed by atoms with van der Waals surface area (Å²) >= 11 is 0. The first-order chi connectivity index (χ1) is 7.99. The highest BCUT2D eigenvalue weighted by molar-refractivity contribution is 7.89. The maximum Gasteiger partial charge on any atom is 0.247 e. The molecule has 0 saturated carbocycles. The SMILES string of the molecule is CCCC(CC)NS(=O)(=O)c1ccc(=O)[nH]c1. The molecule has 6 heteroatoms. The molecule has 1 rings (SSSR count). The van der Waals surface area contributed by atoms with Crippen LogP contribution in [-0.2, 0) is 10.0 Å². The molecule has 1 heterocycles. The third kappa shape index (κ3) is 3.98. The first-order valence-electron chi connectivity index (χ1n) is 5.70. The molecule has 5 nitrogen and oxygen atoms in total. The van der Waals surface area contributed by atoms with Crippen LogP contribution in [-0.4, -0.2) is 19.4 Å². The molecule has 1 aromatic rings. The zero-order valence-electron chi connectivity index (χ0n) is 10.1. The predicted octanol–water partition coefficient (Wildman–Crippen LogP) is 1.23. The second kappa shape index (κ2) is 5.97. The summed E-state index contributed by atoms with van der Waals surface area (Å²) in [6.45, 7) is 3.95. The Morgan fingerprint density at radius 1 is 1.35 bits per heavy atom. The summed E-state index contributed by atoms with van der Waals surface area (Å²) in [7, 11) is -3.53. The number of rotatable bonds is 6. The monoisotopic (exact) mass is 258 g/mol. The molecular weight excluding hydrogens is 240 g/mol. The van der Waals surface area contributed by atoms with E-state index < -0.39 is 10.0 Å². The molecule has 0 amide bonds. The lowest BCUT2D eigenvalue weighted by molar-refractivity contribution is 0.512. The van der Waals surface area contributed by atoms with Gasteiger partial charge in [-0.1, -0.05) is 20.3 Å². The van der Waals surface area contributed by atoms with Crippen LogP contribution in [0.1, 0.15) is 33.1 Å². The van der Waals surface area contributed by atoms with E-state index >= 15 is 0 Å². The Bertz CT molecular complexity index is 487. The van der Waals surface area contributed by atoms with Crippen LogP contribution in [0.4, 0.5) is 0 Å². The Morgan fingerprint density at radius 3 is 2.53 bits per heavy atom. The molecule has 0 aliphatic heterocycles. The molecule has 17 heavy (non-hydrogen) atoms. The van der Waals surface area contributed by atoms with Gasteiger partial charge in [-0.15, -0.1) is 0 Å². The highest BCUT2D eigenvalue weighted by Gasteiger charge is 2.18. The smallest absolute Gasteiger partial charge is 0.247 e. The van der Waals surface area contributed by atoms with Gasteiger partial charge in [0.15, 0.2) is 0 Å². The molecule has 1 aromatic heterocycles. The molecule has 1 unspecified atom stereocenters. The number of nitrogens with one attached hydrogen (secondary N) is 2. The summed E-state index contributed by atoms with van der Waals surface area (Å²) in [6, 6.07) is 2.45. The maximum atomic E-state index is 12.0. The second-order valence-corrected chi connectivity index (χ2v) is 5.62. The molecule has 2 N–H and O–H groups in total. The largest absolute Gasteiger partial charge is 0.328 e. The van der Waals surface area contributed by atoms with E-state index in [1.54, 1.807) is 0 Å². The van der Waals surface area contributed by atoms with Gasteiger partial charge in [0.05, 0.1) is 4.90 Å². The molecule has 0 bridgehead atoms. The Labute approximate surface area is 101 Å². The van der Waals surface area contributed by atoms with Crippen molar-refractivity contribution >= 4 is 10.0 Å². The maximum absolute atomic E-state index is 12.0. The molecule has 96 valence electrons. The first-order valence-corrected chi connectivity index (χ1v) is 7.19. The van der Waals surface area contributed by atoms with Gasteiger partial charge in [-0.3, -0.25) is 4.79 Å². The number of hydrogen-bond donors (Lipinski definition) is 2. The van der Waals surface area contributed by atoms with Gasteiger partial charge < -0.3 is 4.98 Å². The topological polar surface area (TPSA) is 79.0 Å². The third-order valence-electron chi connectivity index (χ3n) is 2.52. The Balaban J connectivity index is 2.88. The van der Waals surface area contributed by atoms with Crippen molar-refractivity contribution in [3.05, 3.63) is 28.7 Å². The molecule has 0 radical (unpaired) electrons. The number of aromatic nitrogens is 1. The highest BCUT2D eigenvalue weighted by Crippen LogP contribution is 2.09. The van der Waals surface area contributed by atoms with E-state index in [1.165, 1.54) is 18.3 Å². The predicted molar refractivity (Wildman–Crippen MR) is 66.4 cm³/mol. The number of hydrogen-bond acceptors (Lipinski definition) is 3. The standard InChI is InChI=1S/C11H18N2O3S/c1-3-5-9(4-2)13-17(15,16)10-6-7-11(14)12-8-10/h6-9,13H,3-5H2,1-2H3,(H,12,14). The fourth-order valence-electron chi connectivity index (χ4n) is 1.55. The van der Waals surface area contributed by atoms with Crippen molar-refractivity contribution in [2.24, 2.45) is 0 Å². The molecule has 0 aromatic carbocycles. The summed E-state index contributed by atoms with van der Waals surface area (Å²) in [5.41, 5.74) is -0.315. The summed E-state index contributed by atoms with van der Waals surface area (Å²) in [6.07, 6.45) is 3.69. The van der Waals surface area contributed by atoms with Crippen molar-refractivity contribution in [3.8, 4) is 0 Å². The van der Waals surface area contributed by atoms with Crippen LogP contribution in [0.3, 0.4) is 0 Å². The van der Waals surface area contributed by atoms with Crippen LogP contribution >= 0.6 is 0 Å². The van der Waals surface area contributed by atoms with E-state index in [9.17, 15) is 13.2 Å². The molecule has 0 aliphatic rings. The summed E-state index contributed by atoms with van der Waals surface area (Å²) in [5.74, 6) is 0. The van der Waals surface area contributed by atoms with Crippen LogP contribution in [0.5, 0.6) is 0 Å². The van der Waals surface area contributed by atoms with Gasteiger partial charge in [-0.25, -0.2) is 13.1 Å². The van der Waals surface area contributed by atoms with E-state index in [4.69, 9.17) is 0 Å². The minimum absolute atomic E-state index is 0.0584. The van der Waals surface area contributed by atoms with Crippen LogP contribution in [0.2, 0.25) is 0 Å². The molecule has 0 saturated heterocycles. The Kier molecular flexibility index (Phi) is 4.89. The molecule has 0 spiro atoms. The average molecular weight is 258 g/mol. The quantitative estimate of drug-likeness (QED) is 0.805. The van der Waals surface area contributed by atoms with Crippen molar-refractivity contribution in [2.45, 2.75) is 44.0 Å². The van der Waals surface area contributed by atoms with Gasteiger partial charge in [0.1, 0.15) is 0 Å². The molecule has 0 aliphatic carbocycles. The third-order valence-corrected chi connectivity index (χ3v) is 4.04. The summed E-state index contributed by atoms with van der Waals surface area (Å²) < 4.78 is 26.5. The van der Waals surface area contributed by atoms with Gasteiger partial charge >= 0.3 is 0 Å². The van der Waals surface area contributed by atoms with Gasteiger partial charge in [-0.05, 0) is 18.9 Å². The van der Waals surface area contributed by atoms with Crippen LogP contribution in [0.25, 0.3) is 0 Å². The first kappa shape index (κ1) is 13.9. The van der Waals surface area contributed by atoms with Crippen LogP contribution in [0.15, 0.2) is 28.0 Å². The van der Waals surface area contributed by atoms with Crippen molar-refractivity contribution in [1.82, 2.24) is 9.71 Å². The van der Waals surface area contributed by atoms with Gasteiger partial charge in [0, 0.05) is 18.3 Å². The average Bonchev–Trinajstić information content (AvgIpc) is 2.28. The lowest BCUT2D eigenvalue weighted by Gasteiger charge is -2.15. The molecule has 1 atom stereocenters. The normalized spacial score (nSPS) is 13.5. The zero-order valence-corrected chi connectivity index (χ0v) is 10.9. The fraction of sp³-hybridized carbons (Fsp3) is 0.545. The minimum Gasteiger partial charge on any atom is -0.328 e. The second-order valence-electron chi connectivity index (χ2n) is 3.90. The lowest BCUT2D eigenvalue weighted by atomic mass is 10.1. The number of H-pyrrole nitrogens is 1. The van der Waals surface area contributed by atoms with Gasteiger partial charge in [-0.2, -0.15) is 0 Å². The van der Waals surface area contributed by atoms with Crippen molar-refractivity contribution < 1.29 is 8.42 Å². The van der Waals surface area contributed by atoms with Crippen molar-refractivity contribution in [2.75, 3.05) is 0 Å². The lowest BCUT2D eigenvalue weighted by Crippen LogP contribution is -2.34.